The van der Waals surface area contributed by atoms with Gasteiger partial charge in [-0.1, -0.05) is 6.07 Å². The van der Waals surface area contributed by atoms with Gasteiger partial charge in [-0.15, -0.1) is 0 Å². The Hall–Kier alpha value is -1.88. The van der Waals surface area contributed by atoms with Crippen LogP contribution in [0.25, 0.3) is 0 Å². The summed E-state index contributed by atoms with van der Waals surface area (Å²) in [4.78, 5) is 4.35. The Bertz CT molecular complexity index is 649. The van der Waals surface area contributed by atoms with E-state index in [1.807, 2.05) is 12.1 Å². The highest BCUT2D eigenvalue weighted by molar-refractivity contribution is 5.34. The van der Waals surface area contributed by atoms with Gasteiger partial charge in [0.1, 0.15) is 17.5 Å². The first-order valence-corrected chi connectivity index (χ1v) is 6.87. The maximum atomic E-state index is 14.0. The molecule has 0 saturated carbocycles. The minimum atomic E-state index is -0.909. The van der Waals surface area contributed by atoms with Crippen molar-refractivity contribution in [1.82, 2.24) is 10.3 Å². The zero-order chi connectivity index (χ0) is 15.0. The highest BCUT2D eigenvalue weighted by Gasteiger charge is 2.34. The first kappa shape index (κ1) is 14.1. The van der Waals surface area contributed by atoms with E-state index in [2.05, 4.69) is 10.3 Å². The number of nitrogens with one attached hydrogen (secondary N) is 1. The van der Waals surface area contributed by atoms with E-state index in [9.17, 15) is 13.2 Å². The van der Waals surface area contributed by atoms with Crippen molar-refractivity contribution in [2.24, 2.45) is 0 Å². The Morgan fingerprint density at radius 1 is 1.24 bits per heavy atom. The molecule has 1 aromatic heterocycles. The fraction of sp³-hybridized carbons (Fsp3) is 0.312. The molecule has 0 amide bonds. The largest absolute Gasteiger partial charge is 0.312 e. The molecule has 3 rings (SSSR count). The molecule has 2 atom stereocenters. The molecule has 1 N–H and O–H groups in total. The number of pyridine rings is 1. The molecule has 1 aromatic carbocycles. The van der Waals surface area contributed by atoms with Crippen LogP contribution in [0.5, 0.6) is 0 Å². The molecule has 2 aromatic rings. The van der Waals surface area contributed by atoms with Gasteiger partial charge in [0.2, 0.25) is 0 Å². The molecule has 21 heavy (non-hydrogen) atoms. The number of hydrogen-bond acceptors (Lipinski definition) is 2. The van der Waals surface area contributed by atoms with Crippen LogP contribution in [0.3, 0.4) is 0 Å². The van der Waals surface area contributed by atoms with Crippen LogP contribution in [-0.4, -0.2) is 12.0 Å². The van der Waals surface area contributed by atoms with Crippen molar-refractivity contribution in [1.29, 1.82) is 0 Å². The van der Waals surface area contributed by atoms with Crippen molar-refractivity contribution < 1.29 is 13.2 Å². The second-order valence-electron chi connectivity index (χ2n) is 5.24. The molecule has 0 aliphatic heterocycles. The Labute approximate surface area is 121 Å². The zero-order valence-corrected chi connectivity index (χ0v) is 11.5. The van der Waals surface area contributed by atoms with E-state index < -0.39 is 23.5 Å². The molecule has 0 spiro atoms. The van der Waals surface area contributed by atoms with Crippen LogP contribution in [0.2, 0.25) is 0 Å². The monoisotopic (exact) mass is 292 g/mol. The van der Waals surface area contributed by atoms with Gasteiger partial charge >= 0.3 is 0 Å². The summed E-state index contributed by atoms with van der Waals surface area (Å²) in [6, 6.07) is 4.71. The number of halogens is 3. The summed E-state index contributed by atoms with van der Waals surface area (Å²) >= 11 is 0. The number of benzene rings is 1. The van der Waals surface area contributed by atoms with Gasteiger partial charge in [0.05, 0.1) is 0 Å². The third-order valence-electron chi connectivity index (χ3n) is 4.07. The molecule has 1 aliphatic carbocycles. The second kappa shape index (κ2) is 5.48. The first-order valence-electron chi connectivity index (χ1n) is 6.87. The summed E-state index contributed by atoms with van der Waals surface area (Å²) in [7, 11) is 1.65. The number of rotatable bonds is 3. The van der Waals surface area contributed by atoms with E-state index in [-0.39, 0.29) is 11.5 Å². The minimum Gasteiger partial charge on any atom is -0.312 e. The second-order valence-corrected chi connectivity index (χ2v) is 5.24. The predicted molar refractivity (Wildman–Crippen MR) is 73.4 cm³/mol. The molecule has 1 aliphatic rings. The maximum Gasteiger partial charge on any atom is 0.133 e. The molecule has 0 saturated heterocycles. The summed E-state index contributed by atoms with van der Waals surface area (Å²) in [6.07, 6.45) is 3.27. The molecular weight excluding hydrogens is 277 g/mol. The van der Waals surface area contributed by atoms with Gasteiger partial charge in [0.15, 0.2) is 0 Å². The average molecular weight is 292 g/mol. The topological polar surface area (TPSA) is 24.9 Å². The maximum absolute atomic E-state index is 14.0. The lowest BCUT2D eigenvalue weighted by atomic mass is 9.90. The van der Waals surface area contributed by atoms with Crippen LogP contribution in [-0.2, 0) is 6.42 Å². The number of fused-ring (bicyclic) bond motifs is 1. The third-order valence-corrected chi connectivity index (χ3v) is 4.07. The lowest BCUT2D eigenvalue weighted by Gasteiger charge is -2.24. The molecule has 2 unspecified atom stereocenters. The number of aromatic nitrogens is 1. The van der Waals surface area contributed by atoms with Gasteiger partial charge in [-0.25, -0.2) is 13.2 Å². The third kappa shape index (κ3) is 2.42. The van der Waals surface area contributed by atoms with Crippen LogP contribution in [0, 0.1) is 17.5 Å². The Morgan fingerprint density at radius 3 is 2.62 bits per heavy atom. The smallest absolute Gasteiger partial charge is 0.133 e. The van der Waals surface area contributed by atoms with E-state index in [4.69, 9.17) is 0 Å². The molecule has 2 nitrogen and oxygen atoms in total. The van der Waals surface area contributed by atoms with Gasteiger partial charge in [0, 0.05) is 41.5 Å². The Kier molecular flexibility index (Phi) is 3.68. The number of nitrogens with zero attached hydrogens (tertiary/aromatic N) is 1. The van der Waals surface area contributed by atoms with Crippen molar-refractivity contribution >= 4 is 0 Å². The minimum absolute atomic E-state index is 0.123. The van der Waals surface area contributed by atoms with Gasteiger partial charge in [-0.05, 0) is 31.5 Å². The van der Waals surface area contributed by atoms with E-state index in [1.54, 1.807) is 13.2 Å². The summed E-state index contributed by atoms with van der Waals surface area (Å²) in [5.41, 5.74) is 1.84. The van der Waals surface area contributed by atoms with E-state index >= 15 is 0 Å². The number of likely N-dealkylation sites (N-methyl/N-ethyl adjacent to an activating group) is 1. The van der Waals surface area contributed by atoms with E-state index in [0.717, 1.165) is 36.2 Å². The van der Waals surface area contributed by atoms with Crippen LogP contribution >= 0.6 is 0 Å². The standard InChI is InChI=1S/C16H15F3N2/c1-20-16(14-12(18)7-10(17)8-13(14)19)11-5-4-9-3-2-6-21-15(9)11/h2-3,6-8,11,16,20H,4-5H2,1H3. The average Bonchev–Trinajstić information content (AvgIpc) is 2.86. The highest BCUT2D eigenvalue weighted by Crippen LogP contribution is 2.41. The summed E-state index contributed by atoms with van der Waals surface area (Å²) in [5.74, 6) is -2.76. The van der Waals surface area contributed by atoms with Crippen molar-refractivity contribution in [3.05, 3.63) is 64.7 Å². The lowest BCUT2D eigenvalue weighted by Crippen LogP contribution is -2.25. The molecule has 1 heterocycles. The summed E-state index contributed by atoms with van der Waals surface area (Å²) in [5, 5.41) is 2.96. The van der Waals surface area contributed by atoms with Gasteiger partial charge in [-0.3, -0.25) is 4.98 Å². The van der Waals surface area contributed by atoms with E-state index in [1.165, 1.54) is 0 Å². The zero-order valence-electron chi connectivity index (χ0n) is 11.5. The van der Waals surface area contributed by atoms with Crippen LogP contribution < -0.4 is 5.32 Å². The van der Waals surface area contributed by atoms with Crippen molar-refractivity contribution in [2.45, 2.75) is 24.8 Å². The molecule has 0 fully saturated rings. The summed E-state index contributed by atoms with van der Waals surface area (Å²) in [6.45, 7) is 0. The van der Waals surface area contributed by atoms with Gasteiger partial charge in [-0.2, -0.15) is 0 Å². The van der Waals surface area contributed by atoms with Gasteiger partial charge in [0.25, 0.3) is 0 Å². The molecular formula is C16H15F3N2. The number of aryl methyl sites for hydroxylation is 1. The van der Waals surface area contributed by atoms with Gasteiger partial charge < -0.3 is 5.32 Å². The lowest BCUT2D eigenvalue weighted by molar-refractivity contribution is 0.420. The predicted octanol–water partition coefficient (Wildman–Crippen LogP) is 3.49. The van der Waals surface area contributed by atoms with Crippen molar-refractivity contribution in [3.63, 3.8) is 0 Å². The SMILES string of the molecule is CNC(c1c(F)cc(F)cc1F)C1CCc2cccnc21. The molecule has 0 bridgehead atoms. The number of hydrogen-bond donors (Lipinski definition) is 1. The quantitative estimate of drug-likeness (QED) is 0.936. The fourth-order valence-electron chi connectivity index (χ4n) is 3.17. The molecule has 0 radical (unpaired) electrons. The normalized spacial score (nSPS) is 18.6. The Balaban J connectivity index is 2.05. The fourth-order valence-corrected chi connectivity index (χ4v) is 3.17. The van der Waals surface area contributed by atoms with Crippen LogP contribution in [0.15, 0.2) is 30.5 Å². The highest BCUT2D eigenvalue weighted by atomic mass is 19.1. The van der Waals surface area contributed by atoms with Crippen molar-refractivity contribution in [2.75, 3.05) is 7.05 Å². The first-order chi connectivity index (χ1) is 10.1. The summed E-state index contributed by atoms with van der Waals surface area (Å²) < 4.78 is 41.2. The molecule has 110 valence electrons. The van der Waals surface area contributed by atoms with Crippen molar-refractivity contribution in [3.8, 4) is 0 Å². The molecule has 5 heteroatoms. The van der Waals surface area contributed by atoms with Crippen LogP contribution in [0.1, 0.15) is 35.2 Å². The Morgan fingerprint density at radius 2 is 1.95 bits per heavy atom. The van der Waals surface area contributed by atoms with Crippen LogP contribution in [0.4, 0.5) is 13.2 Å². The van der Waals surface area contributed by atoms with E-state index in [0.29, 0.717) is 0 Å².